The minimum atomic E-state index is 0.103. The van der Waals surface area contributed by atoms with Crippen molar-refractivity contribution in [1.29, 1.82) is 0 Å². The first-order valence-electron chi connectivity index (χ1n) is 14.1. The van der Waals surface area contributed by atoms with Crippen LogP contribution in [0.2, 0.25) is 0 Å². The van der Waals surface area contributed by atoms with Crippen molar-refractivity contribution in [2.75, 3.05) is 13.7 Å². The maximum atomic E-state index is 6.17. The molecule has 1 unspecified atom stereocenters. The zero-order valence-electron chi connectivity index (χ0n) is 23.6. The largest absolute Gasteiger partial charge is 0.493 e. The summed E-state index contributed by atoms with van der Waals surface area (Å²) in [5.41, 5.74) is 9.63. The standard InChI is InChI=1S/C36H35N3O2/c1-26-19-30(32-22-38-39(24-32)23-27-9-5-3-6-10-27)14-13-29(26)15-16-34-33-21-35(40-2)36(20-31(33)17-18-37-34)41-25-28-11-7-4-8-12-28/h3-16,19-22,24,34,37H,17-18,23,25H2,1-2H3/b16-15+. The van der Waals surface area contributed by atoms with Crippen molar-refractivity contribution < 1.29 is 9.47 Å². The van der Waals surface area contributed by atoms with Gasteiger partial charge in [0, 0.05) is 18.3 Å². The molecule has 41 heavy (non-hydrogen) atoms. The van der Waals surface area contributed by atoms with E-state index in [0.29, 0.717) is 6.61 Å². The Kier molecular flexibility index (Phi) is 7.97. The molecule has 5 nitrogen and oxygen atoms in total. The van der Waals surface area contributed by atoms with Gasteiger partial charge >= 0.3 is 0 Å². The highest BCUT2D eigenvalue weighted by atomic mass is 16.5. The van der Waals surface area contributed by atoms with Gasteiger partial charge in [-0.15, -0.1) is 0 Å². The second kappa shape index (κ2) is 12.3. The lowest BCUT2D eigenvalue weighted by atomic mass is 9.92. The monoisotopic (exact) mass is 541 g/mol. The Morgan fingerprint density at radius 3 is 2.44 bits per heavy atom. The molecule has 5 heteroatoms. The smallest absolute Gasteiger partial charge is 0.161 e. The number of benzene rings is 4. The highest BCUT2D eigenvalue weighted by Gasteiger charge is 2.21. The summed E-state index contributed by atoms with van der Waals surface area (Å²) in [6.45, 7) is 4.36. The molecular formula is C36H35N3O2. The van der Waals surface area contributed by atoms with Crippen LogP contribution in [0.5, 0.6) is 11.5 Å². The average Bonchev–Trinajstić information content (AvgIpc) is 3.48. The highest BCUT2D eigenvalue weighted by Crippen LogP contribution is 2.36. The first-order chi connectivity index (χ1) is 20.2. The van der Waals surface area contributed by atoms with Crippen LogP contribution in [0.25, 0.3) is 17.2 Å². The van der Waals surface area contributed by atoms with E-state index in [0.717, 1.165) is 42.1 Å². The summed E-state index contributed by atoms with van der Waals surface area (Å²) < 4.78 is 13.9. The van der Waals surface area contributed by atoms with Crippen molar-refractivity contribution in [3.05, 3.63) is 143 Å². The molecule has 1 N–H and O–H groups in total. The van der Waals surface area contributed by atoms with Crippen LogP contribution in [0.15, 0.2) is 109 Å². The molecule has 0 radical (unpaired) electrons. The Balaban J connectivity index is 1.17. The molecule has 0 saturated heterocycles. The molecule has 0 saturated carbocycles. The van der Waals surface area contributed by atoms with Gasteiger partial charge in [-0.2, -0.15) is 5.10 Å². The number of ether oxygens (including phenoxy) is 2. The fraction of sp³-hybridized carbons (Fsp3) is 0.194. The van der Waals surface area contributed by atoms with E-state index in [1.54, 1.807) is 7.11 Å². The van der Waals surface area contributed by atoms with Crippen LogP contribution in [0.3, 0.4) is 0 Å². The molecule has 0 fully saturated rings. The molecule has 0 spiro atoms. The molecule has 0 amide bonds. The van der Waals surface area contributed by atoms with Crippen molar-refractivity contribution in [2.24, 2.45) is 0 Å². The number of aromatic nitrogens is 2. The first kappa shape index (κ1) is 26.6. The quantitative estimate of drug-likeness (QED) is 0.211. The third-order valence-corrected chi connectivity index (χ3v) is 7.65. The van der Waals surface area contributed by atoms with Crippen molar-refractivity contribution in [3.8, 4) is 22.6 Å². The molecule has 0 aliphatic carbocycles. The fourth-order valence-electron chi connectivity index (χ4n) is 5.39. The van der Waals surface area contributed by atoms with Gasteiger partial charge in [-0.1, -0.05) is 91.0 Å². The van der Waals surface area contributed by atoms with Gasteiger partial charge in [-0.05, 0) is 64.4 Å². The van der Waals surface area contributed by atoms with Crippen LogP contribution in [0.1, 0.15) is 39.4 Å². The molecule has 1 aromatic heterocycles. The molecule has 1 aliphatic rings. The molecule has 1 atom stereocenters. The second-order valence-corrected chi connectivity index (χ2v) is 10.5. The van der Waals surface area contributed by atoms with Crippen molar-refractivity contribution >= 4 is 6.08 Å². The summed E-state index contributed by atoms with van der Waals surface area (Å²) in [5, 5.41) is 8.24. The number of rotatable bonds is 9. The van der Waals surface area contributed by atoms with Gasteiger partial charge < -0.3 is 14.8 Å². The van der Waals surface area contributed by atoms with Gasteiger partial charge in [0.15, 0.2) is 11.5 Å². The number of nitrogens with zero attached hydrogens (tertiary/aromatic N) is 2. The van der Waals surface area contributed by atoms with Crippen LogP contribution in [-0.2, 0) is 19.6 Å². The van der Waals surface area contributed by atoms with Crippen molar-refractivity contribution in [1.82, 2.24) is 15.1 Å². The van der Waals surface area contributed by atoms with Crippen LogP contribution >= 0.6 is 0 Å². The lowest BCUT2D eigenvalue weighted by Crippen LogP contribution is -2.28. The molecule has 5 aromatic rings. The van der Waals surface area contributed by atoms with Crippen LogP contribution in [0.4, 0.5) is 0 Å². The summed E-state index contributed by atoms with van der Waals surface area (Å²) in [6.07, 6.45) is 9.49. The number of nitrogens with one attached hydrogen (secondary N) is 1. The Morgan fingerprint density at radius 1 is 0.902 bits per heavy atom. The van der Waals surface area contributed by atoms with E-state index in [9.17, 15) is 0 Å². The van der Waals surface area contributed by atoms with Crippen molar-refractivity contribution in [2.45, 2.75) is 32.5 Å². The van der Waals surface area contributed by atoms with E-state index < -0.39 is 0 Å². The SMILES string of the molecule is COc1cc2c(cc1OCc1ccccc1)CCNC2/C=C/c1ccc(-c2cnn(Cc3ccccc3)c2)cc1C. The Bertz CT molecular complexity index is 1640. The number of aryl methyl sites for hydroxylation is 1. The van der Waals surface area contributed by atoms with Gasteiger partial charge in [0.2, 0.25) is 0 Å². The Morgan fingerprint density at radius 2 is 1.68 bits per heavy atom. The summed E-state index contributed by atoms with van der Waals surface area (Å²) >= 11 is 0. The maximum absolute atomic E-state index is 6.17. The van der Waals surface area contributed by atoms with Crippen molar-refractivity contribution in [3.63, 3.8) is 0 Å². The number of fused-ring (bicyclic) bond motifs is 1. The predicted molar refractivity (Wildman–Crippen MR) is 165 cm³/mol. The second-order valence-electron chi connectivity index (χ2n) is 10.5. The summed E-state index contributed by atoms with van der Waals surface area (Å²) in [4.78, 5) is 0. The summed E-state index contributed by atoms with van der Waals surface area (Å²) in [7, 11) is 1.70. The van der Waals surface area contributed by atoms with Gasteiger partial charge in [0.25, 0.3) is 0 Å². The minimum Gasteiger partial charge on any atom is -0.493 e. The fourth-order valence-corrected chi connectivity index (χ4v) is 5.39. The molecule has 0 bridgehead atoms. The summed E-state index contributed by atoms with van der Waals surface area (Å²) in [5.74, 6) is 1.55. The Hall–Kier alpha value is -4.61. The summed E-state index contributed by atoms with van der Waals surface area (Å²) in [6, 6.07) is 31.6. The average molecular weight is 542 g/mol. The Labute approximate surface area is 242 Å². The molecule has 4 aromatic carbocycles. The predicted octanol–water partition coefficient (Wildman–Crippen LogP) is 7.39. The molecule has 206 valence electrons. The molecule has 2 heterocycles. The van der Waals surface area contributed by atoms with E-state index in [2.05, 4.69) is 102 Å². The van der Waals surface area contributed by atoms with Gasteiger partial charge in [0.1, 0.15) is 6.61 Å². The third kappa shape index (κ3) is 6.26. The molecule has 1 aliphatic heterocycles. The number of methoxy groups -OCH3 is 1. The lowest BCUT2D eigenvalue weighted by Gasteiger charge is -2.26. The zero-order valence-corrected chi connectivity index (χ0v) is 23.6. The maximum Gasteiger partial charge on any atom is 0.161 e. The van der Waals surface area contributed by atoms with Gasteiger partial charge in [0.05, 0.1) is 25.9 Å². The third-order valence-electron chi connectivity index (χ3n) is 7.65. The minimum absolute atomic E-state index is 0.103. The van der Waals surface area contributed by atoms with E-state index in [4.69, 9.17) is 9.47 Å². The van der Waals surface area contributed by atoms with Crippen LogP contribution in [0, 0.1) is 6.92 Å². The van der Waals surface area contributed by atoms with Crippen LogP contribution in [-0.4, -0.2) is 23.4 Å². The van der Waals surface area contributed by atoms with E-state index in [-0.39, 0.29) is 6.04 Å². The zero-order chi connectivity index (χ0) is 28.0. The molecule has 6 rings (SSSR count). The van der Waals surface area contributed by atoms with Crippen LogP contribution < -0.4 is 14.8 Å². The van der Waals surface area contributed by atoms with Gasteiger partial charge in [-0.3, -0.25) is 4.68 Å². The number of hydrogen-bond acceptors (Lipinski definition) is 4. The van der Waals surface area contributed by atoms with E-state index >= 15 is 0 Å². The topological polar surface area (TPSA) is 48.3 Å². The van der Waals surface area contributed by atoms with Gasteiger partial charge in [-0.25, -0.2) is 0 Å². The lowest BCUT2D eigenvalue weighted by molar-refractivity contribution is 0.283. The first-order valence-corrected chi connectivity index (χ1v) is 14.1. The van der Waals surface area contributed by atoms with E-state index in [1.165, 1.54) is 33.4 Å². The molecular weight excluding hydrogens is 506 g/mol. The number of hydrogen-bond donors (Lipinski definition) is 1. The highest BCUT2D eigenvalue weighted by molar-refractivity contribution is 5.67. The van der Waals surface area contributed by atoms with E-state index in [1.807, 2.05) is 35.1 Å². The normalized spacial score (nSPS) is 14.6.